The van der Waals surface area contributed by atoms with E-state index < -0.39 is 5.91 Å². The van der Waals surface area contributed by atoms with Gasteiger partial charge in [0.1, 0.15) is 5.75 Å². The summed E-state index contributed by atoms with van der Waals surface area (Å²) in [6.45, 7) is 6.61. The quantitative estimate of drug-likeness (QED) is 0.599. The SMILES string of the molecule is CC(C)CCCCNCCc1ccc(Oc2ccc(C(N)=O)cn2)cc1. The maximum Gasteiger partial charge on any atom is 0.250 e. The lowest BCUT2D eigenvalue weighted by Gasteiger charge is -2.08. The van der Waals surface area contributed by atoms with Gasteiger partial charge in [0.05, 0.1) is 5.56 Å². The molecule has 0 aliphatic heterocycles. The van der Waals surface area contributed by atoms with Crippen LogP contribution in [0.1, 0.15) is 49.0 Å². The summed E-state index contributed by atoms with van der Waals surface area (Å²) in [5.74, 6) is 1.45. The van der Waals surface area contributed by atoms with E-state index in [1.807, 2.05) is 12.1 Å². The number of amides is 1. The van der Waals surface area contributed by atoms with Crippen molar-refractivity contribution in [2.75, 3.05) is 13.1 Å². The number of primary amides is 1. The van der Waals surface area contributed by atoms with E-state index in [-0.39, 0.29) is 0 Å². The molecule has 5 nitrogen and oxygen atoms in total. The van der Waals surface area contributed by atoms with Crippen molar-refractivity contribution in [3.05, 3.63) is 53.7 Å². The zero-order valence-electron chi connectivity index (χ0n) is 15.7. The number of carbonyl (C=O) groups excluding carboxylic acids is 1. The Hall–Kier alpha value is -2.40. The molecule has 2 rings (SSSR count). The maximum atomic E-state index is 11.0. The molecule has 5 heteroatoms. The Bertz CT molecular complexity index is 667. The number of ether oxygens (including phenoxy) is 1. The molecule has 26 heavy (non-hydrogen) atoms. The third kappa shape index (κ3) is 7.23. The number of pyridine rings is 1. The molecule has 0 saturated carbocycles. The van der Waals surface area contributed by atoms with E-state index in [9.17, 15) is 4.79 Å². The van der Waals surface area contributed by atoms with E-state index in [0.29, 0.717) is 11.4 Å². The summed E-state index contributed by atoms with van der Waals surface area (Å²) >= 11 is 0. The Morgan fingerprint density at radius 1 is 1.12 bits per heavy atom. The number of rotatable bonds is 11. The summed E-state index contributed by atoms with van der Waals surface area (Å²) in [5.41, 5.74) is 6.83. The monoisotopic (exact) mass is 355 g/mol. The number of nitrogens with two attached hydrogens (primary N) is 1. The van der Waals surface area contributed by atoms with Gasteiger partial charge in [-0.05, 0) is 55.6 Å². The molecule has 0 atom stereocenters. The molecule has 140 valence electrons. The third-order valence-electron chi connectivity index (χ3n) is 4.14. The van der Waals surface area contributed by atoms with Crippen LogP contribution in [0.4, 0.5) is 0 Å². The van der Waals surface area contributed by atoms with Crippen molar-refractivity contribution in [3.63, 3.8) is 0 Å². The second kappa shape index (κ2) is 10.6. The van der Waals surface area contributed by atoms with Crippen molar-refractivity contribution in [2.24, 2.45) is 11.7 Å². The molecule has 0 spiro atoms. The second-order valence-electron chi connectivity index (χ2n) is 6.89. The molecule has 2 aromatic rings. The molecule has 1 amide bonds. The van der Waals surface area contributed by atoms with E-state index in [0.717, 1.165) is 31.2 Å². The van der Waals surface area contributed by atoms with Crippen molar-refractivity contribution in [3.8, 4) is 11.6 Å². The van der Waals surface area contributed by atoms with Crippen molar-refractivity contribution in [2.45, 2.75) is 39.5 Å². The van der Waals surface area contributed by atoms with Crippen molar-refractivity contribution in [1.82, 2.24) is 10.3 Å². The van der Waals surface area contributed by atoms with Crippen LogP contribution in [-0.4, -0.2) is 24.0 Å². The largest absolute Gasteiger partial charge is 0.439 e. The van der Waals surface area contributed by atoms with Crippen molar-refractivity contribution in [1.29, 1.82) is 0 Å². The Labute approximate surface area is 156 Å². The molecule has 0 radical (unpaired) electrons. The van der Waals surface area contributed by atoms with Gasteiger partial charge in [-0.1, -0.05) is 38.8 Å². The number of unbranched alkanes of at least 4 members (excludes halogenated alkanes) is 1. The van der Waals surface area contributed by atoms with E-state index in [4.69, 9.17) is 10.5 Å². The maximum absolute atomic E-state index is 11.0. The predicted molar refractivity (Wildman–Crippen MR) is 105 cm³/mol. The number of hydrogen-bond acceptors (Lipinski definition) is 4. The molecule has 0 saturated heterocycles. The number of carbonyl (C=O) groups is 1. The smallest absolute Gasteiger partial charge is 0.250 e. The lowest BCUT2D eigenvalue weighted by atomic mass is 10.1. The van der Waals surface area contributed by atoms with E-state index in [1.54, 1.807) is 12.1 Å². The first-order valence-electron chi connectivity index (χ1n) is 9.28. The molecule has 0 aliphatic rings. The first-order valence-corrected chi connectivity index (χ1v) is 9.28. The number of hydrogen-bond donors (Lipinski definition) is 2. The molecule has 1 aromatic carbocycles. The van der Waals surface area contributed by atoms with Crippen molar-refractivity contribution < 1.29 is 9.53 Å². The lowest BCUT2D eigenvalue weighted by Crippen LogP contribution is -2.18. The summed E-state index contributed by atoms with van der Waals surface area (Å²) < 4.78 is 5.68. The van der Waals surface area contributed by atoms with Crippen LogP contribution < -0.4 is 15.8 Å². The molecule has 3 N–H and O–H groups in total. The summed E-state index contributed by atoms with van der Waals surface area (Å²) in [5, 5.41) is 3.50. The van der Waals surface area contributed by atoms with Gasteiger partial charge in [-0.3, -0.25) is 4.79 Å². The third-order valence-corrected chi connectivity index (χ3v) is 4.14. The van der Waals surface area contributed by atoms with Gasteiger partial charge in [0.25, 0.3) is 0 Å². The average molecular weight is 355 g/mol. The predicted octanol–water partition coefficient (Wildman–Crippen LogP) is 3.93. The summed E-state index contributed by atoms with van der Waals surface area (Å²) in [6.07, 6.45) is 6.26. The van der Waals surface area contributed by atoms with Gasteiger partial charge in [-0.25, -0.2) is 4.98 Å². The molecule has 1 heterocycles. The number of benzene rings is 1. The molecule has 0 bridgehead atoms. The average Bonchev–Trinajstić information content (AvgIpc) is 2.62. The standard InChI is InChI=1S/C21H29N3O2/c1-16(2)5-3-4-13-23-14-12-17-6-9-19(10-7-17)26-20-11-8-18(15-24-20)21(22)25/h6-11,15-16,23H,3-5,12-14H2,1-2H3,(H2,22,25). The van der Waals surface area contributed by atoms with Crippen LogP contribution in [-0.2, 0) is 6.42 Å². The van der Waals surface area contributed by atoms with Gasteiger partial charge in [-0.2, -0.15) is 0 Å². The van der Waals surface area contributed by atoms with Crippen LogP contribution in [0.15, 0.2) is 42.6 Å². The highest BCUT2D eigenvalue weighted by Crippen LogP contribution is 2.20. The van der Waals surface area contributed by atoms with Gasteiger partial charge in [0.2, 0.25) is 11.8 Å². The Kier molecular flexibility index (Phi) is 8.09. The van der Waals surface area contributed by atoms with Crippen molar-refractivity contribution >= 4 is 5.91 Å². The van der Waals surface area contributed by atoms with Crippen LogP contribution in [0.25, 0.3) is 0 Å². The summed E-state index contributed by atoms with van der Waals surface area (Å²) in [7, 11) is 0. The molecule has 1 aromatic heterocycles. The van der Waals surface area contributed by atoms with Crippen LogP contribution >= 0.6 is 0 Å². The fraction of sp³-hybridized carbons (Fsp3) is 0.429. The van der Waals surface area contributed by atoms with E-state index in [1.165, 1.54) is 31.0 Å². The Morgan fingerprint density at radius 2 is 1.88 bits per heavy atom. The Balaban J connectivity index is 1.70. The van der Waals surface area contributed by atoms with Gasteiger partial charge in [-0.15, -0.1) is 0 Å². The number of nitrogens with zero attached hydrogens (tertiary/aromatic N) is 1. The highest BCUT2D eigenvalue weighted by molar-refractivity contribution is 5.92. The molecule has 0 fully saturated rings. The fourth-order valence-electron chi connectivity index (χ4n) is 2.59. The number of nitrogens with one attached hydrogen (secondary N) is 1. The molecule has 0 aliphatic carbocycles. The lowest BCUT2D eigenvalue weighted by molar-refractivity contribution is 0.1000. The molecular weight excluding hydrogens is 326 g/mol. The topological polar surface area (TPSA) is 77.2 Å². The van der Waals surface area contributed by atoms with Gasteiger partial charge >= 0.3 is 0 Å². The minimum atomic E-state index is -0.498. The zero-order valence-corrected chi connectivity index (χ0v) is 15.7. The second-order valence-corrected chi connectivity index (χ2v) is 6.89. The minimum absolute atomic E-state index is 0.365. The van der Waals surface area contributed by atoms with Crippen LogP contribution in [0.2, 0.25) is 0 Å². The minimum Gasteiger partial charge on any atom is -0.439 e. The summed E-state index contributed by atoms with van der Waals surface area (Å²) in [4.78, 5) is 15.1. The van der Waals surface area contributed by atoms with Crippen LogP contribution in [0, 0.1) is 5.92 Å². The summed E-state index contributed by atoms with van der Waals surface area (Å²) in [6, 6.07) is 11.2. The van der Waals surface area contributed by atoms with Gasteiger partial charge < -0.3 is 15.8 Å². The fourth-order valence-corrected chi connectivity index (χ4v) is 2.59. The first kappa shape index (κ1) is 19.9. The Morgan fingerprint density at radius 3 is 2.50 bits per heavy atom. The molecular formula is C21H29N3O2. The normalized spacial score (nSPS) is 10.9. The van der Waals surface area contributed by atoms with Gasteiger partial charge in [0.15, 0.2) is 0 Å². The highest BCUT2D eigenvalue weighted by Gasteiger charge is 2.03. The molecule has 0 unspecified atom stereocenters. The van der Waals surface area contributed by atoms with Crippen LogP contribution in [0.5, 0.6) is 11.6 Å². The first-order chi connectivity index (χ1) is 12.5. The zero-order chi connectivity index (χ0) is 18.8. The van der Waals surface area contributed by atoms with E-state index >= 15 is 0 Å². The highest BCUT2D eigenvalue weighted by atomic mass is 16.5. The van der Waals surface area contributed by atoms with Crippen LogP contribution in [0.3, 0.4) is 0 Å². The van der Waals surface area contributed by atoms with Gasteiger partial charge in [0, 0.05) is 12.3 Å². The van der Waals surface area contributed by atoms with E-state index in [2.05, 4.69) is 36.3 Å². The number of aromatic nitrogens is 1.